The second-order valence-corrected chi connectivity index (χ2v) is 5.63. The summed E-state index contributed by atoms with van der Waals surface area (Å²) in [5, 5.41) is 5.51. The first kappa shape index (κ1) is 19.2. The molecule has 4 N–H and O–H groups in total. The third kappa shape index (κ3) is 10.6. The summed E-state index contributed by atoms with van der Waals surface area (Å²) < 4.78 is 5.21. The number of hydrogen-bond acceptors (Lipinski definition) is 5. The molecule has 0 aliphatic heterocycles. The number of rotatable bonds is 7. The molecule has 0 aromatic heterocycles. The Hall–Kier alpha value is -1.83. The van der Waals surface area contributed by atoms with Crippen LogP contribution in [0.2, 0.25) is 0 Å². The van der Waals surface area contributed by atoms with E-state index < -0.39 is 17.4 Å². The molecule has 0 atom stereocenters. The minimum absolute atomic E-state index is 0.363. The molecule has 0 aromatic carbocycles. The van der Waals surface area contributed by atoms with Gasteiger partial charge in [-0.05, 0) is 33.7 Å². The fourth-order valence-corrected chi connectivity index (χ4v) is 1.31. The molecular weight excluding hydrogens is 276 g/mol. The molecule has 0 aliphatic rings. The normalized spacial score (nSPS) is 10.9. The van der Waals surface area contributed by atoms with Crippen molar-refractivity contribution in [1.82, 2.24) is 15.5 Å². The van der Waals surface area contributed by atoms with E-state index in [1.54, 1.807) is 7.05 Å². The SMILES string of the molecule is CN(CCNCCCNC(=O)C(N)=O)C(=O)OC(C)(C)C. The van der Waals surface area contributed by atoms with Crippen molar-refractivity contribution in [2.45, 2.75) is 32.8 Å². The number of nitrogens with zero attached hydrogens (tertiary/aromatic N) is 1. The Labute approximate surface area is 125 Å². The summed E-state index contributed by atoms with van der Waals surface area (Å²) in [6, 6.07) is 0. The second kappa shape index (κ2) is 9.17. The van der Waals surface area contributed by atoms with Crippen LogP contribution >= 0.6 is 0 Å². The first-order chi connectivity index (χ1) is 9.63. The predicted molar refractivity (Wildman–Crippen MR) is 78.6 cm³/mol. The molecule has 0 heterocycles. The van der Waals surface area contributed by atoms with Crippen LogP contribution in [0.5, 0.6) is 0 Å². The Morgan fingerprint density at radius 3 is 2.29 bits per heavy atom. The van der Waals surface area contributed by atoms with E-state index in [2.05, 4.69) is 10.6 Å². The van der Waals surface area contributed by atoms with E-state index in [1.165, 1.54) is 4.90 Å². The van der Waals surface area contributed by atoms with Gasteiger partial charge in [0.15, 0.2) is 0 Å². The van der Waals surface area contributed by atoms with Gasteiger partial charge in [-0.3, -0.25) is 9.59 Å². The minimum Gasteiger partial charge on any atom is -0.444 e. The standard InChI is InChI=1S/C13H26N4O4/c1-13(2,3)21-12(20)17(4)9-8-15-6-5-7-16-11(19)10(14)18/h15H,5-9H2,1-4H3,(H2,14,18)(H,16,19). The highest BCUT2D eigenvalue weighted by molar-refractivity contribution is 6.34. The van der Waals surface area contributed by atoms with E-state index in [0.717, 1.165) is 0 Å². The zero-order valence-electron chi connectivity index (χ0n) is 13.2. The van der Waals surface area contributed by atoms with E-state index in [1.807, 2.05) is 20.8 Å². The largest absolute Gasteiger partial charge is 0.444 e. The molecule has 0 aromatic rings. The van der Waals surface area contributed by atoms with Gasteiger partial charge < -0.3 is 26.0 Å². The van der Waals surface area contributed by atoms with Gasteiger partial charge in [0.2, 0.25) is 0 Å². The number of ether oxygens (including phenoxy) is 1. The van der Waals surface area contributed by atoms with Crippen LogP contribution in [-0.4, -0.2) is 61.6 Å². The van der Waals surface area contributed by atoms with Crippen molar-refractivity contribution in [1.29, 1.82) is 0 Å². The Balaban J connectivity index is 3.61. The van der Waals surface area contributed by atoms with Crippen LogP contribution < -0.4 is 16.4 Å². The van der Waals surface area contributed by atoms with E-state index in [4.69, 9.17) is 10.5 Å². The van der Waals surface area contributed by atoms with E-state index in [0.29, 0.717) is 32.6 Å². The fourth-order valence-electron chi connectivity index (χ4n) is 1.31. The van der Waals surface area contributed by atoms with Gasteiger partial charge in [0.05, 0.1) is 0 Å². The van der Waals surface area contributed by atoms with Crippen LogP contribution in [0.25, 0.3) is 0 Å². The van der Waals surface area contributed by atoms with Gasteiger partial charge in [0.1, 0.15) is 5.60 Å². The summed E-state index contributed by atoms with van der Waals surface area (Å²) in [6.45, 7) is 7.60. The highest BCUT2D eigenvalue weighted by Crippen LogP contribution is 2.08. The quantitative estimate of drug-likeness (QED) is 0.431. The third-order valence-corrected chi connectivity index (χ3v) is 2.37. The number of likely N-dealkylation sites (N-methyl/N-ethyl adjacent to an activating group) is 1. The van der Waals surface area contributed by atoms with E-state index >= 15 is 0 Å². The van der Waals surface area contributed by atoms with Crippen LogP contribution in [0.4, 0.5) is 4.79 Å². The number of carbonyl (C=O) groups excluding carboxylic acids is 3. The maximum Gasteiger partial charge on any atom is 0.410 e. The van der Waals surface area contributed by atoms with E-state index in [-0.39, 0.29) is 6.09 Å². The number of primary amides is 1. The third-order valence-electron chi connectivity index (χ3n) is 2.37. The van der Waals surface area contributed by atoms with Crippen molar-refractivity contribution in [3.8, 4) is 0 Å². The molecular formula is C13H26N4O4. The molecule has 0 saturated heterocycles. The molecule has 0 saturated carbocycles. The van der Waals surface area contributed by atoms with Crippen molar-refractivity contribution in [3.63, 3.8) is 0 Å². The molecule has 0 fully saturated rings. The highest BCUT2D eigenvalue weighted by Gasteiger charge is 2.18. The van der Waals surface area contributed by atoms with Crippen LogP contribution in [-0.2, 0) is 14.3 Å². The van der Waals surface area contributed by atoms with Gasteiger partial charge in [-0.2, -0.15) is 0 Å². The van der Waals surface area contributed by atoms with Gasteiger partial charge in [0.25, 0.3) is 0 Å². The molecule has 0 bridgehead atoms. The van der Waals surface area contributed by atoms with Gasteiger partial charge >= 0.3 is 17.9 Å². The zero-order valence-corrected chi connectivity index (χ0v) is 13.2. The van der Waals surface area contributed by atoms with Gasteiger partial charge in [-0.15, -0.1) is 0 Å². The van der Waals surface area contributed by atoms with E-state index in [9.17, 15) is 14.4 Å². The van der Waals surface area contributed by atoms with Crippen molar-refractivity contribution < 1.29 is 19.1 Å². The molecule has 3 amide bonds. The summed E-state index contributed by atoms with van der Waals surface area (Å²) >= 11 is 0. The summed E-state index contributed by atoms with van der Waals surface area (Å²) in [4.78, 5) is 34.4. The van der Waals surface area contributed by atoms with Gasteiger partial charge in [-0.1, -0.05) is 0 Å². The molecule has 8 nitrogen and oxygen atoms in total. The highest BCUT2D eigenvalue weighted by atomic mass is 16.6. The molecule has 21 heavy (non-hydrogen) atoms. The number of hydrogen-bond donors (Lipinski definition) is 3. The monoisotopic (exact) mass is 302 g/mol. The number of nitrogens with one attached hydrogen (secondary N) is 2. The van der Waals surface area contributed by atoms with Gasteiger partial charge in [-0.25, -0.2) is 4.79 Å². The Bertz CT molecular complexity index is 366. The lowest BCUT2D eigenvalue weighted by atomic mass is 10.2. The summed E-state index contributed by atoms with van der Waals surface area (Å²) in [7, 11) is 1.67. The number of carbonyl (C=O) groups is 3. The van der Waals surface area contributed by atoms with Crippen molar-refractivity contribution in [2.75, 3.05) is 33.2 Å². The minimum atomic E-state index is -0.984. The first-order valence-electron chi connectivity index (χ1n) is 6.86. The molecule has 0 unspecified atom stereocenters. The molecule has 0 radical (unpaired) electrons. The maximum atomic E-state index is 11.6. The number of amides is 3. The van der Waals surface area contributed by atoms with Gasteiger partial charge in [0, 0.05) is 26.7 Å². The average molecular weight is 302 g/mol. The van der Waals surface area contributed by atoms with Crippen molar-refractivity contribution in [3.05, 3.63) is 0 Å². The summed E-state index contributed by atoms with van der Waals surface area (Å²) in [5.74, 6) is -1.76. The Morgan fingerprint density at radius 2 is 1.76 bits per heavy atom. The lowest BCUT2D eigenvalue weighted by molar-refractivity contribution is -0.137. The van der Waals surface area contributed by atoms with Crippen LogP contribution in [0.15, 0.2) is 0 Å². The predicted octanol–water partition coefficient (Wildman–Crippen LogP) is -0.565. The molecule has 8 heteroatoms. The lowest BCUT2D eigenvalue weighted by Crippen LogP contribution is -2.39. The summed E-state index contributed by atoms with van der Waals surface area (Å²) in [6.07, 6.45) is 0.299. The Kier molecular flexibility index (Phi) is 8.37. The van der Waals surface area contributed by atoms with Crippen LogP contribution in [0.1, 0.15) is 27.2 Å². The Morgan fingerprint density at radius 1 is 1.14 bits per heavy atom. The summed E-state index contributed by atoms with van der Waals surface area (Å²) in [5.41, 5.74) is 4.29. The smallest absolute Gasteiger partial charge is 0.410 e. The zero-order chi connectivity index (χ0) is 16.5. The molecule has 0 rings (SSSR count). The topological polar surface area (TPSA) is 114 Å². The first-order valence-corrected chi connectivity index (χ1v) is 6.86. The molecule has 0 aliphatic carbocycles. The molecule has 122 valence electrons. The number of nitrogens with two attached hydrogens (primary N) is 1. The maximum absolute atomic E-state index is 11.6. The van der Waals surface area contributed by atoms with Crippen LogP contribution in [0, 0.1) is 0 Å². The average Bonchev–Trinajstić information content (AvgIpc) is 2.34. The van der Waals surface area contributed by atoms with Crippen molar-refractivity contribution in [2.24, 2.45) is 5.73 Å². The van der Waals surface area contributed by atoms with Crippen molar-refractivity contribution >= 4 is 17.9 Å². The molecule has 0 spiro atoms. The second-order valence-electron chi connectivity index (χ2n) is 5.63. The fraction of sp³-hybridized carbons (Fsp3) is 0.769. The lowest BCUT2D eigenvalue weighted by Gasteiger charge is -2.24. The van der Waals surface area contributed by atoms with Crippen LogP contribution in [0.3, 0.4) is 0 Å².